The van der Waals surface area contributed by atoms with Crippen molar-refractivity contribution >= 4 is 5.91 Å². The normalized spacial score (nSPS) is 10.6. The molecule has 0 unspecified atom stereocenters. The monoisotopic (exact) mass is 322 g/mol. The first-order chi connectivity index (χ1) is 11.7. The highest BCUT2D eigenvalue weighted by molar-refractivity contribution is 6.00. The Bertz CT molecular complexity index is 816. The van der Waals surface area contributed by atoms with Crippen molar-refractivity contribution in [2.45, 2.75) is 13.3 Å². The Morgan fingerprint density at radius 1 is 1.17 bits per heavy atom. The number of likely N-dealkylation sites (N-methyl/N-ethyl adjacent to an activating group) is 1. The molecular weight excluding hydrogens is 304 g/mol. The summed E-state index contributed by atoms with van der Waals surface area (Å²) in [6.07, 6.45) is 5.76. The van der Waals surface area contributed by atoms with Gasteiger partial charge in [0.1, 0.15) is 5.56 Å². The Morgan fingerprint density at radius 2 is 1.96 bits per heavy atom. The molecular formula is C18H18N4O2. The number of aromatic nitrogens is 3. The average molecular weight is 322 g/mol. The van der Waals surface area contributed by atoms with Crippen LogP contribution >= 0.6 is 0 Å². The van der Waals surface area contributed by atoms with Gasteiger partial charge in [-0.15, -0.1) is 0 Å². The Hall–Kier alpha value is -3.02. The molecule has 3 heterocycles. The minimum Gasteiger partial charge on any atom is -0.355 e. The quantitative estimate of drug-likeness (QED) is 0.722. The van der Waals surface area contributed by atoms with E-state index in [9.17, 15) is 4.79 Å². The van der Waals surface area contributed by atoms with Gasteiger partial charge in [-0.1, -0.05) is 11.2 Å². The molecule has 0 radical (unpaired) electrons. The van der Waals surface area contributed by atoms with Crippen molar-refractivity contribution in [3.8, 4) is 11.3 Å². The van der Waals surface area contributed by atoms with Gasteiger partial charge >= 0.3 is 0 Å². The highest BCUT2D eigenvalue weighted by Crippen LogP contribution is 2.26. The second-order valence-corrected chi connectivity index (χ2v) is 5.51. The SMILES string of the molecule is Cc1noc(-c2ccncc2)c1C(=O)N(C)CCc1ccccn1. The number of pyridine rings is 2. The molecule has 0 fully saturated rings. The summed E-state index contributed by atoms with van der Waals surface area (Å²) >= 11 is 0. The van der Waals surface area contributed by atoms with Crippen molar-refractivity contribution in [2.24, 2.45) is 0 Å². The third-order valence-electron chi connectivity index (χ3n) is 3.80. The van der Waals surface area contributed by atoms with Gasteiger partial charge in [-0.25, -0.2) is 0 Å². The van der Waals surface area contributed by atoms with E-state index in [2.05, 4.69) is 15.1 Å². The van der Waals surface area contributed by atoms with E-state index < -0.39 is 0 Å². The molecule has 0 bridgehead atoms. The molecule has 0 aliphatic rings. The van der Waals surface area contributed by atoms with Crippen LogP contribution < -0.4 is 0 Å². The van der Waals surface area contributed by atoms with E-state index in [4.69, 9.17) is 4.52 Å². The van der Waals surface area contributed by atoms with Crippen LogP contribution in [0.4, 0.5) is 0 Å². The van der Waals surface area contributed by atoms with Gasteiger partial charge in [0, 0.05) is 49.9 Å². The van der Waals surface area contributed by atoms with Crippen LogP contribution in [-0.4, -0.2) is 39.5 Å². The fraction of sp³-hybridized carbons (Fsp3) is 0.222. The van der Waals surface area contributed by atoms with E-state index in [1.54, 1.807) is 49.6 Å². The molecule has 0 saturated carbocycles. The Kier molecular flexibility index (Phi) is 4.65. The van der Waals surface area contributed by atoms with E-state index >= 15 is 0 Å². The maximum atomic E-state index is 12.8. The second-order valence-electron chi connectivity index (χ2n) is 5.51. The molecule has 0 aromatic carbocycles. The summed E-state index contributed by atoms with van der Waals surface area (Å²) in [5.74, 6) is 0.362. The van der Waals surface area contributed by atoms with Gasteiger partial charge < -0.3 is 9.42 Å². The molecule has 1 amide bonds. The van der Waals surface area contributed by atoms with Crippen molar-refractivity contribution in [1.29, 1.82) is 0 Å². The summed E-state index contributed by atoms with van der Waals surface area (Å²) in [5, 5.41) is 3.96. The first kappa shape index (κ1) is 15.9. The molecule has 3 rings (SSSR count). The Labute approximate surface area is 140 Å². The molecule has 6 heteroatoms. The third kappa shape index (κ3) is 3.32. The van der Waals surface area contributed by atoms with Crippen molar-refractivity contribution < 1.29 is 9.32 Å². The Balaban J connectivity index is 1.78. The van der Waals surface area contributed by atoms with Gasteiger partial charge in [0.05, 0.1) is 5.69 Å². The van der Waals surface area contributed by atoms with Crippen LogP contribution in [0.2, 0.25) is 0 Å². The van der Waals surface area contributed by atoms with E-state index in [0.29, 0.717) is 30.0 Å². The molecule has 0 atom stereocenters. The number of aryl methyl sites for hydroxylation is 1. The average Bonchev–Trinajstić information content (AvgIpc) is 3.02. The van der Waals surface area contributed by atoms with Gasteiger partial charge in [-0.05, 0) is 31.2 Å². The number of rotatable bonds is 5. The minimum absolute atomic E-state index is 0.114. The van der Waals surface area contributed by atoms with Gasteiger partial charge in [0.15, 0.2) is 5.76 Å². The van der Waals surface area contributed by atoms with Crippen molar-refractivity contribution in [3.05, 3.63) is 65.9 Å². The van der Waals surface area contributed by atoms with Crippen LogP contribution in [0.15, 0.2) is 53.4 Å². The second kappa shape index (κ2) is 7.04. The summed E-state index contributed by atoms with van der Waals surface area (Å²) in [6, 6.07) is 9.36. The predicted octanol–water partition coefficient (Wildman–Crippen LogP) is 2.75. The minimum atomic E-state index is -0.114. The molecule has 24 heavy (non-hydrogen) atoms. The smallest absolute Gasteiger partial charge is 0.259 e. The zero-order chi connectivity index (χ0) is 16.9. The van der Waals surface area contributed by atoms with Gasteiger partial charge in [-0.2, -0.15) is 0 Å². The van der Waals surface area contributed by atoms with E-state index in [0.717, 1.165) is 11.3 Å². The van der Waals surface area contributed by atoms with Crippen molar-refractivity contribution in [2.75, 3.05) is 13.6 Å². The van der Waals surface area contributed by atoms with Gasteiger partial charge in [-0.3, -0.25) is 14.8 Å². The van der Waals surface area contributed by atoms with Crippen LogP contribution in [0.1, 0.15) is 21.7 Å². The third-order valence-corrected chi connectivity index (χ3v) is 3.80. The van der Waals surface area contributed by atoms with Crippen LogP contribution in [0.3, 0.4) is 0 Å². The summed E-state index contributed by atoms with van der Waals surface area (Å²) in [7, 11) is 1.77. The molecule has 0 aliphatic carbocycles. The number of hydrogen-bond acceptors (Lipinski definition) is 5. The van der Waals surface area contributed by atoms with Crippen molar-refractivity contribution in [3.63, 3.8) is 0 Å². The highest BCUT2D eigenvalue weighted by Gasteiger charge is 2.24. The summed E-state index contributed by atoms with van der Waals surface area (Å²) in [5.41, 5.74) is 2.81. The fourth-order valence-electron chi connectivity index (χ4n) is 2.44. The van der Waals surface area contributed by atoms with Crippen LogP contribution in [0, 0.1) is 6.92 Å². The molecule has 122 valence electrons. The number of hydrogen-bond donors (Lipinski definition) is 0. The van der Waals surface area contributed by atoms with Gasteiger partial charge in [0.2, 0.25) is 0 Å². The van der Waals surface area contributed by atoms with Crippen molar-refractivity contribution in [1.82, 2.24) is 20.0 Å². The molecule has 0 saturated heterocycles. The summed E-state index contributed by atoms with van der Waals surface area (Å²) < 4.78 is 5.38. The standard InChI is InChI=1S/C18H18N4O2/c1-13-16(17(24-21-13)14-6-10-19-11-7-14)18(23)22(2)12-8-15-5-3-4-9-20-15/h3-7,9-11H,8,12H2,1-2H3. The van der Waals surface area contributed by atoms with Gasteiger partial charge in [0.25, 0.3) is 5.91 Å². The first-order valence-electron chi connectivity index (χ1n) is 7.69. The number of nitrogens with zero attached hydrogens (tertiary/aromatic N) is 4. The molecule has 0 N–H and O–H groups in total. The lowest BCUT2D eigenvalue weighted by Gasteiger charge is -2.17. The lowest BCUT2D eigenvalue weighted by Crippen LogP contribution is -2.29. The predicted molar refractivity (Wildman–Crippen MR) is 89.4 cm³/mol. The summed E-state index contributed by atoms with van der Waals surface area (Å²) in [6.45, 7) is 2.34. The first-order valence-corrected chi connectivity index (χ1v) is 7.69. The van der Waals surface area contributed by atoms with Crippen LogP contribution in [-0.2, 0) is 6.42 Å². The zero-order valence-electron chi connectivity index (χ0n) is 13.6. The Morgan fingerprint density at radius 3 is 2.67 bits per heavy atom. The zero-order valence-corrected chi connectivity index (χ0v) is 13.6. The lowest BCUT2D eigenvalue weighted by atomic mass is 10.1. The molecule has 0 aliphatic heterocycles. The maximum Gasteiger partial charge on any atom is 0.259 e. The van der Waals surface area contributed by atoms with E-state index in [1.807, 2.05) is 18.2 Å². The highest BCUT2D eigenvalue weighted by atomic mass is 16.5. The number of amides is 1. The number of carbonyl (C=O) groups excluding carboxylic acids is 1. The largest absolute Gasteiger partial charge is 0.355 e. The van der Waals surface area contributed by atoms with E-state index in [-0.39, 0.29) is 5.91 Å². The molecule has 6 nitrogen and oxygen atoms in total. The number of carbonyl (C=O) groups is 1. The molecule has 0 spiro atoms. The fourth-order valence-corrected chi connectivity index (χ4v) is 2.44. The molecule has 3 aromatic heterocycles. The topological polar surface area (TPSA) is 72.1 Å². The van der Waals surface area contributed by atoms with Crippen LogP contribution in [0.5, 0.6) is 0 Å². The van der Waals surface area contributed by atoms with Crippen LogP contribution in [0.25, 0.3) is 11.3 Å². The summed E-state index contributed by atoms with van der Waals surface area (Å²) in [4.78, 5) is 22.8. The van der Waals surface area contributed by atoms with E-state index in [1.165, 1.54) is 0 Å². The maximum absolute atomic E-state index is 12.8. The molecule has 3 aromatic rings. The lowest BCUT2D eigenvalue weighted by molar-refractivity contribution is 0.0796.